The first kappa shape index (κ1) is 15.3. The largest absolute Gasteiger partial charge is 0.463 e. The van der Waals surface area contributed by atoms with E-state index < -0.39 is 0 Å². The zero-order chi connectivity index (χ0) is 13.9. The number of carbonyl (C=O) groups excluding carboxylic acids is 1. The minimum Gasteiger partial charge on any atom is -0.463 e. The van der Waals surface area contributed by atoms with Gasteiger partial charge < -0.3 is 4.74 Å². The standard InChI is InChI=1S/C16H28O2/c1-7-18-15(17)9-8-11(2)14-10-12(3)13(4)16(14,5)6/h8-9,11-14H,7,10H2,1-6H3/b9-8+. The molecule has 0 aromatic rings. The monoisotopic (exact) mass is 252 g/mol. The summed E-state index contributed by atoms with van der Waals surface area (Å²) < 4.78 is 4.92. The molecule has 4 atom stereocenters. The Morgan fingerprint density at radius 1 is 1.44 bits per heavy atom. The zero-order valence-electron chi connectivity index (χ0n) is 12.7. The summed E-state index contributed by atoms with van der Waals surface area (Å²) >= 11 is 0. The second-order valence-electron chi connectivity index (χ2n) is 6.40. The molecular weight excluding hydrogens is 224 g/mol. The van der Waals surface area contributed by atoms with Gasteiger partial charge in [-0.25, -0.2) is 4.79 Å². The van der Waals surface area contributed by atoms with Crippen LogP contribution in [0.15, 0.2) is 12.2 Å². The molecule has 1 fully saturated rings. The van der Waals surface area contributed by atoms with Gasteiger partial charge in [0, 0.05) is 6.08 Å². The zero-order valence-corrected chi connectivity index (χ0v) is 12.7. The van der Waals surface area contributed by atoms with Crippen LogP contribution >= 0.6 is 0 Å². The van der Waals surface area contributed by atoms with Crippen LogP contribution in [0.25, 0.3) is 0 Å². The lowest BCUT2D eigenvalue weighted by Gasteiger charge is -2.34. The molecule has 0 heterocycles. The average molecular weight is 252 g/mol. The predicted octanol–water partition coefficient (Wildman–Crippen LogP) is 4.06. The highest BCUT2D eigenvalue weighted by molar-refractivity contribution is 5.81. The van der Waals surface area contributed by atoms with Crippen LogP contribution in [0.2, 0.25) is 0 Å². The van der Waals surface area contributed by atoms with Gasteiger partial charge in [-0.3, -0.25) is 0 Å². The molecule has 1 aliphatic carbocycles. The van der Waals surface area contributed by atoms with Crippen molar-refractivity contribution in [1.82, 2.24) is 0 Å². The summed E-state index contributed by atoms with van der Waals surface area (Å²) in [7, 11) is 0. The van der Waals surface area contributed by atoms with Crippen molar-refractivity contribution in [3.8, 4) is 0 Å². The van der Waals surface area contributed by atoms with Crippen molar-refractivity contribution in [2.45, 2.75) is 48.0 Å². The molecule has 0 radical (unpaired) electrons. The fourth-order valence-corrected chi connectivity index (χ4v) is 3.43. The second-order valence-corrected chi connectivity index (χ2v) is 6.40. The quantitative estimate of drug-likeness (QED) is 0.557. The Balaban J connectivity index is 2.68. The summed E-state index contributed by atoms with van der Waals surface area (Å²) in [6, 6.07) is 0. The van der Waals surface area contributed by atoms with Crippen molar-refractivity contribution in [2.75, 3.05) is 6.61 Å². The molecule has 4 unspecified atom stereocenters. The number of esters is 1. The molecule has 0 spiro atoms. The lowest BCUT2D eigenvalue weighted by Crippen LogP contribution is -2.28. The number of carbonyl (C=O) groups is 1. The van der Waals surface area contributed by atoms with Gasteiger partial charge in [0.15, 0.2) is 0 Å². The normalized spacial score (nSPS) is 32.7. The SMILES string of the molecule is CCOC(=O)/C=C/C(C)C1CC(C)C(C)C1(C)C. The minimum atomic E-state index is -0.221. The van der Waals surface area contributed by atoms with Crippen molar-refractivity contribution in [2.24, 2.45) is 29.1 Å². The lowest BCUT2D eigenvalue weighted by atomic mass is 9.71. The van der Waals surface area contributed by atoms with Crippen LogP contribution in [0, 0.1) is 29.1 Å². The second kappa shape index (κ2) is 5.90. The van der Waals surface area contributed by atoms with Crippen molar-refractivity contribution in [3.63, 3.8) is 0 Å². The molecule has 0 saturated heterocycles. The van der Waals surface area contributed by atoms with E-state index in [1.807, 2.05) is 13.0 Å². The first-order valence-electron chi connectivity index (χ1n) is 7.15. The summed E-state index contributed by atoms with van der Waals surface area (Å²) in [5.74, 6) is 2.36. The van der Waals surface area contributed by atoms with Gasteiger partial charge in [0.05, 0.1) is 6.61 Å². The number of allylic oxidation sites excluding steroid dienone is 1. The van der Waals surface area contributed by atoms with Crippen molar-refractivity contribution in [1.29, 1.82) is 0 Å². The van der Waals surface area contributed by atoms with E-state index in [1.54, 1.807) is 6.08 Å². The molecule has 0 aromatic carbocycles. The third-order valence-electron chi connectivity index (χ3n) is 5.07. The fourth-order valence-electron chi connectivity index (χ4n) is 3.43. The number of hydrogen-bond acceptors (Lipinski definition) is 2. The third-order valence-corrected chi connectivity index (χ3v) is 5.07. The van der Waals surface area contributed by atoms with E-state index in [1.165, 1.54) is 6.42 Å². The molecule has 18 heavy (non-hydrogen) atoms. The molecular formula is C16H28O2. The molecule has 1 rings (SSSR count). The number of hydrogen-bond donors (Lipinski definition) is 0. The van der Waals surface area contributed by atoms with Crippen LogP contribution in [0.1, 0.15) is 48.0 Å². The molecule has 2 nitrogen and oxygen atoms in total. The number of rotatable bonds is 4. The fraction of sp³-hybridized carbons (Fsp3) is 0.812. The van der Waals surface area contributed by atoms with E-state index in [0.29, 0.717) is 23.9 Å². The Kier molecular flexibility index (Phi) is 5.01. The minimum absolute atomic E-state index is 0.221. The van der Waals surface area contributed by atoms with Gasteiger partial charge in [0.2, 0.25) is 0 Å². The molecule has 0 aromatic heterocycles. The summed E-state index contributed by atoms with van der Waals surface area (Å²) in [5, 5.41) is 0. The third kappa shape index (κ3) is 3.15. The van der Waals surface area contributed by atoms with Gasteiger partial charge >= 0.3 is 5.97 Å². The van der Waals surface area contributed by atoms with Crippen molar-refractivity contribution in [3.05, 3.63) is 12.2 Å². The Morgan fingerprint density at radius 3 is 2.50 bits per heavy atom. The summed E-state index contributed by atoms with van der Waals surface area (Å²) in [5.41, 5.74) is 0.345. The maximum absolute atomic E-state index is 11.3. The smallest absolute Gasteiger partial charge is 0.330 e. The summed E-state index contributed by atoms with van der Waals surface area (Å²) in [6.45, 7) is 13.9. The topological polar surface area (TPSA) is 26.3 Å². The van der Waals surface area contributed by atoms with E-state index in [4.69, 9.17) is 4.74 Å². The van der Waals surface area contributed by atoms with Gasteiger partial charge in [0.1, 0.15) is 0 Å². The van der Waals surface area contributed by atoms with Crippen LogP contribution in [0.3, 0.4) is 0 Å². The average Bonchev–Trinajstić information content (AvgIpc) is 2.50. The maximum Gasteiger partial charge on any atom is 0.330 e. The molecule has 0 aliphatic heterocycles. The Hall–Kier alpha value is -0.790. The van der Waals surface area contributed by atoms with Crippen molar-refractivity contribution < 1.29 is 9.53 Å². The van der Waals surface area contributed by atoms with Gasteiger partial charge in [0.25, 0.3) is 0 Å². The van der Waals surface area contributed by atoms with Crippen LogP contribution in [0.4, 0.5) is 0 Å². The van der Waals surface area contributed by atoms with Crippen molar-refractivity contribution >= 4 is 5.97 Å². The molecule has 1 saturated carbocycles. The van der Waals surface area contributed by atoms with E-state index in [9.17, 15) is 4.79 Å². The summed E-state index contributed by atoms with van der Waals surface area (Å²) in [6.07, 6.45) is 4.87. The van der Waals surface area contributed by atoms with Crippen LogP contribution in [-0.2, 0) is 9.53 Å². The Morgan fingerprint density at radius 2 is 2.06 bits per heavy atom. The van der Waals surface area contributed by atoms with Crippen LogP contribution in [-0.4, -0.2) is 12.6 Å². The van der Waals surface area contributed by atoms with Gasteiger partial charge in [-0.05, 0) is 42.4 Å². The van der Waals surface area contributed by atoms with Crippen LogP contribution < -0.4 is 0 Å². The van der Waals surface area contributed by atoms with E-state index in [2.05, 4.69) is 34.6 Å². The maximum atomic E-state index is 11.3. The first-order chi connectivity index (χ1) is 8.30. The molecule has 0 N–H and O–H groups in total. The highest BCUT2D eigenvalue weighted by Crippen LogP contribution is 2.53. The van der Waals surface area contributed by atoms with E-state index in [-0.39, 0.29) is 5.97 Å². The molecule has 2 heteroatoms. The van der Waals surface area contributed by atoms with E-state index >= 15 is 0 Å². The van der Waals surface area contributed by atoms with Crippen LogP contribution in [0.5, 0.6) is 0 Å². The van der Waals surface area contributed by atoms with Gasteiger partial charge in [-0.1, -0.05) is 40.7 Å². The molecule has 0 amide bonds. The lowest BCUT2D eigenvalue weighted by molar-refractivity contribution is -0.137. The highest BCUT2D eigenvalue weighted by Gasteiger charge is 2.46. The molecule has 1 aliphatic rings. The summed E-state index contributed by atoms with van der Waals surface area (Å²) in [4.78, 5) is 11.3. The predicted molar refractivity (Wildman–Crippen MR) is 75.2 cm³/mol. The van der Waals surface area contributed by atoms with Gasteiger partial charge in [-0.2, -0.15) is 0 Å². The molecule has 104 valence electrons. The Bertz CT molecular complexity index is 317. The number of ether oxygens (including phenoxy) is 1. The van der Waals surface area contributed by atoms with E-state index in [0.717, 1.165) is 11.8 Å². The molecule has 0 bridgehead atoms. The highest BCUT2D eigenvalue weighted by atomic mass is 16.5. The van der Waals surface area contributed by atoms with Gasteiger partial charge in [-0.15, -0.1) is 0 Å². The Labute approximate surface area is 112 Å². The first-order valence-corrected chi connectivity index (χ1v) is 7.15.